The maximum Gasteiger partial charge on any atom is 0.244 e. The van der Waals surface area contributed by atoms with E-state index >= 15 is 0 Å². The van der Waals surface area contributed by atoms with Gasteiger partial charge in [-0.1, -0.05) is 60.5 Å². The molecule has 0 saturated heterocycles. The minimum atomic E-state index is -4.14. The van der Waals surface area contributed by atoms with Gasteiger partial charge in [-0.25, -0.2) is 8.42 Å². The van der Waals surface area contributed by atoms with Crippen molar-refractivity contribution in [1.29, 1.82) is 0 Å². The van der Waals surface area contributed by atoms with Gasteiger partial charge >= 0.3 is 0 Å². The van der Waals surface area contributed by atoms with Crippen molar-refractivity contribution in [3.8, 4) is 11.5 Å². The average molecular weight is 673 g/mol. The first kappa shape index (κ1) is 32.6. The van der Waals surface area contributed by atoms with E-state index in [4.69, 9.17) is 26.2 Å². The molecule has 0 radical (unpaired) electrons. The second-order valence-corrected chi connectivity index (χ2v) is 14.2. The highest BCUT2D eigenvalue weighted by molar-refractivity contribution is 7.89. The molecule has 11 heteroatoms. The number of methoxy groups -OCH3 is 2. The van der Waals surface area contributed by atoms with Crippen LogP contribution in [0.3, 0.4) is 0 Å². The van der Waals surface area contributed by atoms with Gasteiger partial charge < -0.3 is 14.8 Å². The number of carbonyl (C=O) groups excluding carboxylic acids is 1. The summed E-state index contributed by atoms with van der Waals surface area (Å²) in [5, 5.41) is 8.67. The topological polar surface area (TPSA) is 103 Å². The van der Waals surface area contributed by atoms with Gasteiger partial charge in [-0.3, -0.25) is 9.48 Å². The largest absolute Gasteiger partial charge is 0.497 e. The molecule has 244 valence electrons. The van der Waals surface area contributed by atoms with E-state index in [-0.39, 0.29) is 30.3 Å². The number of nitrogens with one attached hydrogen (secondary N) is 1. The molecule has 6 rings (SSSR count). The lowest BCUT2D eigenvalue weighted by molar-refractivity contribution is -0.115. The summed E-state index contributed by atoms with van der Waals surface area (Å²) in [4.78, 5) is 13.2. The number of hydrogen-bond donors (Lipinski definition) is 1. The molecule has 1 aliphatic carbocycles. The van der Waals surface area contributed by atoms with Crippen LogP contribution in [0.1, 0.15) is 36.0 Å². The third-order valence-electron chi connectivity index (χ3n) is 8.55. The summed E-state index contributed by atoms with van der Waals surface area (Å²) in [6.45, 7) is 0.933. The van der Waals surface area contributed by atoms with E-state index in [1.54, 1.807) is 38.5 Å². The number of aromatic nitrogens is 2. The van der Waals surface area contributed by atoms with E-state index in [1.165, 1.54) is 16.8 Å². The van der Waals surface area contributed by atoms with E-state index in [2.05, 4.69) is 5.32 Å². The Kier molecular flexibility index (Phi) is 9.81. The first-order chi connectivity index (χ1) is 22.7. The molecule has 1 amide bonds. The number of ether oxygens (including phenoxy) is 2. The molecule has 1 N–H and O–H groups in total. The Morgan fingerprint density at radius 2 is 1.55 bits per heavy atom. The molecule has 5 aromatic rings. The summed E-state index contributed by atoms with van der Waals surface area (Å²) >= 11 is 6.31. The molecule has 0 aliphatic heterocycles. The molecule has 9 nitrogen and oxygen atoms in total. The van der Waals surface area contributed by atoms with Gasteiger partial charge in [0.1, 0.15) is 11.5 Å². The Hall–Kier alpha value is -4.38. The number of rotatable bonds is 13. The lowest BCUT2D eigenvalue weighted by atomic mass is 9.85. The summed E-state index contributed by atoms with van der Waals surface area (Å²) in [5.74, 6) is 1.56. The maximum atomic E-state index is 14.8. The monoisotopic (exact) mass is 672 g/mol. The Bertz CT molecular complexity index is 1920. The number of carbonyl (C=O) groups is 1. The minimum absolute atomic E-state index is 0.0387. The van der Waals surface area contributed by atoms with Gasteiger partial charge in [-0.15, -0.1) is 0 Å². The van der Waals surface area contributed by atoms with Crippen LogP contribution in [-0.4, -0.2) is 42.6 Å². The molecule has 4 aromatic carbocycles. The van der Waals surface area contributed by atoms with E-state index in [0.29, 0.717) is 51.1 Å². The molecule has 1 saturated carbocycles. The number of fused-ring (bicyclic) bond motifs is 1. The van der Waals surface area contributed by atoms with Gasteiger partial charge in [0, 0.05) is 41.9 Å². The number of amides is 1. The summed E-state index contributed by atoms with van der Waals surface area (Å²) in [7, 11) is -0.962. The van der Waals surface area contributed by atoms with Crippen LogP contribution in [0.5, 0.6) is 11.5 Å². The van der Waals surface area contributed by atoms with Crippen LogP contribution in [0.25, 0.3) is 10.9 Å². The fourth-order valence-corrected chi connectivity index (χ4v) is 7.54. The van der Waals surface area contributed by atoms with Crippen LogP contribution in [0.2, 0.25) is 5.02 Å². The number of nitrogens with zero attached hydrogens (tertiary/aromatic N) is 3. The van der Waals surface area contributed by atoms with Crippen molar-refractivity contribution in [2.75, 3.05) is 19.5 Å². The highest BCUT2D eigenvalue weighted by Crippen LogP contribution is 2.33. The zero-order valence-electron chi connectivity index (χ0n) is 26.4. The Morgan fingerprint density at radius 3 is 2.11 bits per heavy atom. The van der Waals surface area contributed by atoms with E-state index in [1.807, 2.05) is 65.5 Å². The third kappa shape index (κ3) is 7.62. The normalized spacial score (nSPS) is 13.4. The van der Waals surface area contributed by atoms with Crippen molar-refractivity contribution in [3.63, 3.8) is 0 Å². The third-order valence-corrected chi connectivity index (χ3v) is 10.8. The molecule has 1 aliphatic rings. The number of anilines is 1. The SMILES string of the molecule is COc1ccc(CN(Cc2ccc(OC)cc2)S(=O)(=O)c2cc(NC(=O)Cc3ccccc3Cl)cc3nn(CC4CCC4)cc23)cc1. The standard InChI is InChI=1S/C36H37ClN4O5S/c1-45-30-14-10-26(11-15-30)22-41(23-27-12-16-31(46-2)17-13-27)47(43,44)35-20-29(38-36(42)18-28-8-3-4-9-33(28)37)19-34-32(35)24-40(39-34)21-25-6-5-7-25/h3-4,8-17,19-20,24-25H,5-7,18,21-23H2,1-2H3,(H,38,42). The highest BCUT2D eigenvalue weighted by atomic mass is 35.5. The van der Waals surface area contributed by atoms with Gasteiger partial charge in [0.2, 0.25) is 15.9 Å². The number of sulfonamides is 1. The zero-order valence-corrected chi connectivity index (χ0v) is 27.9. The predicted molar refractivity (Wildman–Crippen MR) is 183 cm³/mol. The molecule has 0 atom stereocenters. The van der Waals surface area contributed by atoms with E-state index in [9.17, 15) is 13.2 Å². The maximum absolute atomic E-state index is 14.8. The van der Waals surface area contributed by atoms with Crippen LogP contribution in [0.15, 0.2) is 96.0 Å². The Morgan fingerprint density at radius 1 is 0.936 bits per heavy atom. The summed E-state index contributed by atoms with van der Waals surface area (Å²) in [6, 6.07) is 25.1. The van der Waals surface area contributed by atoms with Gasteiger partial charge in [-0.05, 0) is 77.9 Å². The quantitative estimate of drug-likeness (QED) is 0.143. The molecule has 1 heterocycles. The zero-order chi connectivity index (χ0) is 33.0. The van der Waals surface area contributed by atoms with Gasteiger partial charge in [0.05, 0.1) is 31.1 Å². The second kappa shape index (κ2) is 14.2. The van der Waals surface area contributed by atoms with Crippen molar-refractivity contribution in [2.24, 2.45) is 5.92 Å². The van der Waals surface area contributed by atoms with Crippen LogP contribution >= 0.6 is 11.6 Å². The first-order valence-corrected chi connectivity index (χ1v) is 17.3. The smallest absolute Gasteiger partial charge is 0.244 e. The van der Waals surface area contributed by atoms with Crippen molar-refractivity contribution < 1.29 is 22.7 Å². The van der Waals surface area contributed by atoms with Crippen molar-refractivity contribution in [1.82, 2.24) is 14.1 Å². The molecule has 0 unspecified atom stereocenters. The summed E-state index contributed by atoms with van der Waals surface area (Å²) in [6.07, 6.45) is 5.30. The lowest BCUT2D eigenvalue weighted by Gasteiger charge is -2.24. The highest BCUT2D eigenvalue weighted by Gasteiger charge is 2.29. The molecular formula is C36H37ClN4O5S. The fourth-order valence-electron chi connectivity index (χ4n) is 5.71. The minimum Gasteiger partial charge on any atom is -0.497 e. The van der Waals surface area contributed by atoms with E-state index < -0.39 is 10.0 Å². The number of hydrogen-bond acceptors (Lipinski definition) is 6. The fraction of sp³-hybridized carbons (Fsp3) is 0.278. The van der Waals surface area contributed by atoms with Crippen LogP contribution in [-0.2, 0) is 40.9 Å². The van der Waals surface area contributed by atoms with Crippen molar-refractivity contribution in [3.05, 3.63) is 113 Å². The second-order valence-electron chi connectivity index (χ2n) is 11.8. The molecule has 1 fully saturated rings. The van der Waals surface area contributed by atoms with Crippen LogP contribution in [0.4, 0.5) is 5.69 Å². The van der Waals surface area contributed by atoms with Crippen molar-refractivity contribution in [2.45, 2.75) is 50.2 Å². The molecule has 0 bridgehead atoms. The van der Waals surface area contributed by atoms with Crippen LogP contribution < -0.4 is 14.8 Å². The van der Waals surface area contributed by atoms with Gasteiger partial charge in [-0.2, -0.15) is 9.40 Å². The van der Waals surface area contributed by atoms with Gasteiger partial charge in [0.15, 0.2) is 0 Å². The summed E-state index contributed by atoms with van der Waals surface area (Å²) in [5.41, 5.74) is 3.10. The number of benzene rings is 4. The lowest BCUT2D eigenvalue weighted by Crippen LogP contribution is -2.30. The first-order valence-electron chi connectivity index (χ1n) is 15.5. The Balaban J connectivity index is 1.39. The molecule has 0 spiro atoms. The average Bonchev–Trinajstić information content (AvgIpc) is 3.46. The van der Waals surface area contributed by atoms with Crippen LogP contribution in [0, 0.1) is 5.92 Å². The summed E-state index contributed by atoms with van der Waals surface area (Å²) < 4.78 is 43.5. The number of halogens is 1. The van der Waals surface area contributed by atoms with Gasteiger partial charge in [0.25, 0.3) is 0 Å². The van der Waals surface area contributed by atoms with E-state index in [0.717, 1.165) is 24.0 Å². The molecule has 47 heavy (non-hydrogen) atoms. The Labute approximate surface area is 280 Å². The predicted octanol–water partition coefficient (Wildman–Crippen LogP) is 7.08. The molecular weight excluding hydrogens is 636 g/mol. The van der Waals surface area contributed by atoms with Crippen molar-refractivity contribution >= 4 is 44.1 Å². The molecule has 1 aromatic heterocycles.